The molecule has 5 heteroatoms. The molecule has 0 aliphatic carbocycles. The van der Waals surface area contributed by atoms with Crippen molar-refractivity contribution in [2.24, 2.45) is 0 Å². The second-order valence-corrected chi connectivity index (χ2v) is 3.84. The van der Waals surface area contributed by atoms with Crippen LogP contribution in [0.25, 0.3) is 0 Å². The Morgan fingerprint density at radius 1 is 1.44 bits per heavy atom. The molecule has 0 aromatic heterocycles. The van der Waals surface area contributed by atoms with Crippen molar-refractivity contribution in [2.45, 2.75) is 19.8 Å². The van der Waals surface area contributed by atoms with Crippen LogP contribution in [0.1, 0.15) is 30.1 Å². The van der Waals surface area contributed by atoms with Gasteiger partial charge in [0.05, 0.1) is 6.61 Å². The number of nitrogens with one attached hydrogen (secondary N) is 1. The van der Waals surface area contributed by atoms with Crippen LogP contribution in [0.3, 0.4) is 0 Å². The topological polar surface area (TPSA) is 84.6 Å². The summed E-state index contributed by atoms with van der Waals surface area (Å²) in [6.45, 7) is 2.98. The number of aliphatic hydroxyl groups excluding tert-OH is 1. The number of carbonyl (C=O) groups excluding carboxylic acids is 1. The average Bonchev–Trinajstić information content (AvgIpc) is 2.35. The number of aliphatic hydroxyl groups is 1. The van der Waals surface area contributed by atoms with Crippen LogP contribution in [0.2, 0.25) is 0 Å². The zero-order valence-electron chi connectivity index (χ0n) is 10.6. The van der Waals surface area contributed by atoms with Crippen LogP contribution in [0, 0.1) is 0 Å². The minimum atomic E-state index is -0.241. The van der Waals surface area contributed by atoms with Gasteiger partial charge in [-0.3, -0.25) is 4.79 Å². The van der Waals surface area contributed by atoms with Crippen molar-refractivity contribution in [3.8, 4) is 5.75 Å². The largest absolute Gasteiger partial charge is 0.493 e. The van der Waals surface area contributed by atoms with Gasteiger partial charge in [-0.1, -0.05) is 6.07 Å². The fraction of sp³-hybridized carbons (Fsp3) is 0.462. The lowest BCUT2D eigenvalue weighted by Crippen LogP contribution is -2.26. The molecule has 0 heterocycles. The highest BCUT2D eigenvalue weighted by atomic mass is 16.5. The lowest BCUT2D eigenvalue weighted by Gasteiger charge is -2.12. The molecule has 0 fully saturated rings. The fourth-order valence-corrected chi connectivity index (χ4v) is 1.59. The molecule has 0 radical (unpaired) electrons. The molecule has 1 aromatic rings. The Kier molecular flexibility index (Phi) is 6.00. The number of ether oxygens (including phenoxy) is 1. The van der Waals surface area contributed by atoms with Gasteiger partial charge in [-0.05, 0) is 31.9 Å². The highest BCUT2D eigenvalue weighted by Gasteiger charge is 2.15. The van der Waals surface area contributed by atoms with E-state index in [2.05, 4.69) is 5.32 Å². The molecule has 100 valence electrons. The van der Waals surface area contributed by atoms with E-state index in [1.807, 2.05) is 6.92 Å². The lowest BCUT2D eigenvalue weighted by atomic mass is 10.1. The summed E-state index contributed by atoms with van der Waals surface area (Å²) < 4.78 is 5.39. The molecule has 0 spiro atoms. The number of unbranched alkanes of at least 4 members (excludes halogenated alkanes) is 1. The van der Waals surface area contributed by atoms with E-state index in [0.717, 1.165) is 6.42 Å². The van der Waals surface area contributed by atoms with E-state index in [-0.39, 0.29) is 12.5 Å². The summed E-state index contributed by atoms with van der Waals surface area (Å²) in [5.74, 6) is 0.256. The minimum Gasteiger partial charge on any atom is -0.493 e. The average molecular weight is 252 g/mol. The standard InChI is InChI=1S/C13H20N2O3/c1-2-18-11-7-5-6-10(14)12(11)13(17)15-8-3-4-9-16/h5-7,16H,2-4,8-9,14H2,1H3,(H,15,17). The Labute approximate surface area is 107 Å². The first-order chi connectivity index (χ1) is 8.70. The first kappa shape index (κ1) is 14.3. The van der Waals surface area contributed by atoms with Crippen LogP contribution in [-0.4, -0.2) is 30.8 Å². The van der Waals surface area contributed by atoms with E-state index in [4.69, 9.17) is 15.6 Å². The van der Waals surface area contributed by atoms with Crippen molar-refractivity contribution in [3.63, 3.8) is 0 Å². The monoisotopic (exact) mass is 252 g/mol. The maximum Gasteiger partial charge on any atom is 0.257 e. The van der Waals surface area contributed by atoms with Gasteiger partial charge in [-0.15, -0.1) is 0 Å². The van der Waals surface area contributed by atoms with E-state index >= 15 is 0 Å². The Morgan fingerprint density at radius 2 is 2.22 bits per heavy atom. The van der Waals surface area contributed by atoms with Gasteiger partial charge in [0.1, 0.15) is 11.3 Å². The van der Waals surface area contributed by atoms with Gasteiger partial charge in [0.15, 0.2) is 0 Å². The third-order valence-electron chi connectivity index (χ3n) is 2.46. The molecule has 4 N–H and O–H groups in total. The van der Waals surface area contributed by atoms with Crippen LogP contribution in [0.5, 0.6) is 5.75 Å². The minimum absolute atomic E-state index is 0.132. The Morgan fingerprint density at radius 3 is 2.89 bits per heavy atom. The Bertz CT molecular complexity index is 394. The quantitative estimate of drug-likeness (QED) is 0.502. The third kappa shape index (κ3) is 3.92. The zero-order valence-corrected chi connectivity index (χ0v) is 10.6. The van der Waals surface area contributed by atoms with Gasteiger partial charge in [0, 0.05) is 18.8 Å². The maximum atomic E-state index is 12.0. The van der Waals surface area contributed by atoms with Gasteiger partial charge < -0.3 is 20.9 Å². The van der Waals surface area contributed by atoms with Crippen LogP contribution in [0.4, 0.5) is 5.69 Å². The molecule has 0 aliphatic rings. The summed E-state index contributed by atoms with van der Waals surface area (Å²) in [7, 11) is 0. The summed E-state index contributed by atoms with van der Waals surface area (Å²) in [6.07, 6.45) is 1.40. The van der Waals surface area contributed by atoms with Crippen molar-refractivity contribution in [1.29, 1.82) is 0 Å². The van der Waals surface area contributed by atoms with E-state index in [1.165, 1.54) is 0 Å². The van der Waals surface area contributed by atoms with Crippen molar-refractivity contribution in [1.82, 2.24) is 5.32 Å². The number of amides is 1. The van der Waals surface area contributed by atoms with E-state index in [0.29, 0.717) is 36.6 Å². The SMILES string of the molecule is CCOc1cccc(N)c1C(=O)NCCCCO. The molecule has 5 nitrogen and oxygen atoms in total. The van der Waals surface area contributed by atoms with Gasteiger partial charge in [0.2, 0.25) is 0 Å². The number of nitrogens with two attached hydrogens (primary N) is 1. The van der Waals surface area contributed by atoms with Crippen molar-refractivity contribution in [2.75, 3.05) is 25.5 Å². The molecular weight excluding hydrogens is 232 g/mol. The number of benzene rings is 1. The second-order valence-electron chi connectivity index (χ2n) is 3.84. The molecule has 0 unspecified atom stereocenters. The van der Waals surface area contributed by atoms with Crippen molar-refractivity contribution in [3.05, 3.63) is 23.8 Å². The van der Waals surface area contributed by atoms with Gasteiger partial charge in [0.25, 0.3) is 5.91 Å². The van der Waals surface area contributed by atoms with Gasteiger partial charge in [-0.2, -0.15) is 0 Å². The molecule has 1 amide bonds. The van der Waals surface area contributed by atoms with Crippen molar-refractivity contribution >= 4 is 11.6 Å². The molecule has 0 saturated heterocycles. The van der Waals surface area contributed by atoms with E-state index in [1.54, 1.807) is 18.2 Å². The number of carbonyl (C=O) groups is 1. The van der Waals surface area contributed by atoms with Crippen LogP contribution < -0.4 is 15.8 Å². The maximum absolute atomic E-state index is 12.0. The highest BCUT2D eigenvalue weighted by Crippen LogP contribution is 2.24. The number of anilines is 1. The summed E-state index contributed by atoms with van der Waals surface area (Å²) in [4.78, 5) is 12.0. The van der Waals surface area contributed by atoms with Crippen molar-refractivity contribution < 1.29 is 14.6 Å². The fourth-order valence-electron chi connectivity index (χ4n) is 1.59. The molecule has 0 atom stereocenters. The lowest BCUT2D eigenvalue weighted by molar-refractivity contribution is 0.0949. The van der Waals surface area contributed by atoms with Gasteiger partial charge >= 0.3 is 0 Å². The molecule has 1 aromatic carbocycles. The number of hydrogen-bond acceptors (Lipinski definition) is 4. The second kappa shape index (κ2) is 7.55. The molecule has 0 saturated carbocycles. The number of rotatable bonds is 7. The summed E-state index contributed by atoms with van der Waals surface area (Å²) in [5, 5.41) is 11.4. The Hall–Kier alpha value is -1.75. The van der Waals surface area contributed by atoms with Crippen LogP contribution >= 0.6 is 0 Å². The summed E-state index contributed by atoms with van der Waals surface area (Å²) in [6, 6.07) is 5.15. The van der Waals surface area contributed by atoms with Crippen LogP contribution in [-0.2, 0) is 0 Å². The molecule has 0 bridgehead atoms. The first-order valence-electron chi connectivity index (χ1n) is 6.11. The summed E-state index contributed by atoms with van der Waals surface area (Å²) in [5.41, 5.74) is 6.58. The highest BCUT2D eigenvalue weighted by molar-refractivity contribution is 6.01. The number of hydrogen-bond donors (Lipinski definition) is 3. The third-order valence-corrected chi connectivity index (χ3v) is 2.46. The zero-order chi connectivity index (χ0) is 13.4. The van der Waals surface area contributed by atoms with E-state index in [9.17, 15) is 4.79 Å². The first-order valence-corrected chi connectivity index (χ1v) is 6.11. The predicted octanol–water partition coefficient (Wildman–Crippen LogP) is 1.17. The van der Waals surface area contributed by atoms with Gasteiger partial charge in [-0.25, -0.2) is 0 Å². The molecule has 1 rings (SSSR count). The number of nitrogen functional groups attached to an aromatic ring is 1. The molecular formula is C13H20N2O3. The normalized spacial score (nSPS) is 10.1. The predicted molar refractivity (Wildman–Crippen MR) is 70.7 cm³/mol. The van der Waals surface area contributed by atoms with E-state index < -0.39 is 0 Å². The Balaban J connectivity index is 2.71. The summed E-state index contributed by atoms with van der Waals surface area (Å²) >= 11 is 0. The smallest absolute Gasteiger partial charge is 0.257 e. The van der Waals surface area contributed by atoms with Crippen LogP contribution in [0.15, 0.2) is 18.2 Å². The molecule has 0 aliphatic heterocycles. The molecule has 18 heavy (non-hydrogen) atoms.